The minimum absolute atomic E-state index is 1.30. The molecule has 0 aliphatic heterocycles. The molecule has 148 valence electrons. The first-order valence-corrected chi connectivity index (χ1v) is 13.1. The predicted octanol–water partition coefficient (Wildman–Crippen LogP) is 9.55. The van der Waals surface area contributed by atoms with Crippen LogP contribution < -0.4 is 0 Å². The van der Waals surface area contributed by atoms with Gasteiger partial charge in [0.1, 0.15) is 0 Å². The van der Waals surface area contributed by atoms with Crippen molar-refractivity contribution in [2.24, 2.45) is 0 Å². The fraction of sp³-hybridized carbons (Fsp3) is 0.750. The molecule has 0 spiro atoms. The van der Waals surface area contributed by atoms with Crippen molar-refractivity contribution >= 4 is 32.1 Å². The van der Waals surface area contributed by atoms with Gasteiger partial charge in [-0.2, -0.15) is 0 Å². The molecular weight excluding hydrogens is 352 g/mol. The molecule has 0 unspecified atom stereocenters. The van der Waals surface area contributed by atoms with Crippen molar-refractivity contribution in [1.29, 1.82) is 0 Å². The molecule has 0 N–H and O–H groups in total. The Morgan fingerprint density at radius 1 is 0.500 bits per heavy atom. The molecule has 2 aromatic heterocycles. The largest absolute Gasteiger partial charge is 0.142 e. The maximum absolute atomic E-state index is 2.45. The zero-order valence-electron chi connectivity index (χ0n) is 17.3. The fourth-order valence-electron chi connectivity index (χ4n) is 3.81. The first-order valence-electron chi connectivity index (χ1n) is 11.3. The normalized spacial score (nSPS) is 11.6. The third-order valence-corrected chi connectivity index (χ3v) is 7.86. The number of fused-ring (bicyclic) bond motifs is 1. The van der Waals surface area contributed by atoms with Gasteiger partial charge in [0.2, 0.25) is 0 Å². The van der Waals surface area contributed by atoms with Crippen LogP contribution in [0.3, 0.4) is 0 Å². The summed E-state index contributed by atoms with van der Waals surface area (Å²) in [4.78, 5) is 0. The Morgan fingerprint density at radius 3 is 1.23 bits per heavy atom. The van der Waals surface area contributed by atoms with Crippen LogP contribution in [0.4, 0.5) is 0 Å². The minimum Gasteiger partial charge on any atom is -0.142 e. The van der Waals surface area contributed by atoms with Gasteiger partial charge in [0, 0.05) is 9.40 Å². The molecule has 0 amide bonds. The summed E-state index contributed by atoms with van der Waals surface area (Å²) in [6, 6.07) is 0. The van der Waals surface area contributed by atoms with Crippen LogP contribution in [0.15, 0.2) is 10.8 Å². The lowest BCUT2D eigenvalue weighted by Gasteiger charge is -2.01. The molecule has 0 saturated carbocycles. The van der Waals surface area contributed by atoms with Crippen LogP contribution in [0.1, 0.15) is 115 Å². The topological polar surface area (TPSA) is 0 Å². The van der Waals surface area contributed by atoms with Crippen molar-refractivity contribution in [2.75, 3.05) is 0 Å². The third kappa shape index (κ3) is 7.72. The van der Waals surface area contributed by atoms with Crippen LogP contribution in [0.25, 0.3) is 9.40 Å². The van der Waals surface area contributed by atoms with Gasteiger partial charge in [-0.1, -0.05) is 90.9 Å². The molecule has 0 fully saturated rings. The molecular formula is C24H40S2. The summed E-state index contributed by atoms with van der Waals surface area (Å²) < 4.78 is 3.22. The summed E-state index contributed by atoms with van der Waals surface area (Å²) in [5.74, 6) is 0. The van der Waals surface area contributed by atoms with E-state index in [-0.39, 0.29) is 0 Å². The van der Waals surface area contributed by atoms with Crippen molar-refractivity contribution in [1.82, 2.24) is 0 Å². The lowest BCUT2D eigenvalue weighted by Crippen LogP contribution is -1.85. The molecule has 0 radical (unpaired) electrons. The molecule has 0 nitrogen and oxygen atoms in total. The minimum atomic E-state index is 1.30. The van der Waals surface area contributed by atoms with Crippen LogP contribution in [0.2, 0.25) is 0 Å². The van der Waals surface area contributed by atoms with E-state index in [9.17, 15) is 0 Å². The molecule has 2 rings (SSSR count). The molecule has 26 heavy (non-hydrogen) atoms. The summed E-state index contributed by atoms with van der Waals surface area (Å²) in [7, 11) is 0. The maximum Gasteiger partial charge on any atom is 0.0485 e. The third-order valence-electron chi connectivity index (χ3n) is 5.53. The fourth-order valence-corrected chi connectivity index (χ4v) is 6.34. The Labute approximate surface area is 170 Å². The monoisotopic (exact) mass is 392 g/mol. The van der Waals surface area contributed by atoms with Crippen LogP contribution >= 0.6 is 22.7 Å². The Bertz CT molecular complexity index is 526. The highest BCUT2D eigenvalue weighted by Crippen LogP contribution is 2.36. The molecule has 0 aliphatic carbocycles. The van der Waals surface area contributed by atoms with Crippen LogP contribution in [-0.4, -0.2) is 0 Å². The SMILES string of the molecule is CCCCCCCCCc1csc2c(CCCCCCCCC)csc12. The average Bonchev–Trinajstić information content (AvgIpc) is 3.23. The number of hydrogen-bond acceptors (Lipinski definition) is 2. The quantitative estimate of drug-likeness (QED) is 0.249. The standard InChI is InChI=1S/C24H40S2/c1-3-5-7-9-11-13-15-17-21-19-25-24-22(20-26-23(21)24)18-16-14-12-10-8-6-4-2/h19-20H,3-18H2,1-2H3. The number of rotatable bonds is 16. The summed E-state index contributed by atoms with van der Waals surface area (Å²) in [6.45, 7) is 4.59. The van der Waals surface area contributed by atoms with E-state index in [1.807, 2.05) is 22.7 Å². The zero-order chi connectivity index (χ0) is 18.5. The second-order valence-corrected chi connectivity index (χ2v) is 9.68. The molecule has 0 saturated heterocycles. The van der Waals surface area contributed by atoms with E-state index in [2.05, 4.69) is 24.6 Å². The van der Waals surface area contributed by atoms with Crippen LogP contribution in [-0.2, 0) is 12.8 Å². The molecule has 0 bridgehead atoms. The van der Waals surface area contributed by atoms with E-state index in [4.69, 9.17) is 0 Å². The maximum atomic E-state index is 2.45. The number of hydrogen-bond donors (Lipinski definition) is 0. The van der Waals surface area contributed by atoms with Crippen molar-refractivity contribution in [3.05, 3.63) is 21.9 Å². The number of thiophene rings is 2. The Kier molecular flexibility index (Phi) is 11.6. The second-order valence-electron chi connectivity index (χ2n) is 7.92. The lowest BCUT2D eigenvalue weighted by molar-refractivity contribution is 0.590. The van der Waals surface area contributed by atoms with Gasteiger partial charge in [-0.15, -0.1) is 22.7 Å². The molecule has 0 atom stereocenters. The highest BCUT2D eigenvalue weighted by atomic mass is 32.1. The molecule has 0 aliphatic rings. The predicted molar refractivity (Wildman–Crippen MR) is 123 cm³/mol. The molecule has 2 heteroatoms. The van der Waals surface area contributed by atoms with E-state index in [1.165, 1.54) is 103 Å². The summed E-state index contributed by atoms with van der Waals surface area (Å²) in [5.41, 5.74) is 3.27. The van der Waals surface area contributed by atoms with Crippen LogP contribution in [0.5, 0.6) is 0 Å². The van der Waals surface area contributed by atoms with Crippen molar-refractivity contribution in [3.63, 3.8) is 0 Å². The highest BCUT2D eigenvalue weighted by Gasteiger charge is 2.10. The van der Waals surface area contributed by atoms with Gasteiger partial charge in [-0.3, -0.25) is 0 Å². The van der Waals surface area contributed by atoms with Crippen LogP contribution in [0, 0.1) is 0 Å². The molecule has 0 aromatic carbocycles. The van der Waals surface area contributed by atoms with Gasteiger partial charge >= 0.3 is 0 Å². The van der Waals surface area contributed by atoms with Gasteiger partial charge in [0.05, 0.1) is 0 Å². The second kappa shape index (κ2) is 13.8. The lowest BCUT2D eigenvalue weighted by atomic mass is 10.0. The Balaban J connectivity index is 1.65. The summed E-state index contributed by atoms with van der Waals surface area (Å²) >= 11 is 4.01. The van der Waals surface area contributed by atoms with E-state index < -0.39 is 0 Å². The summed E-state index contributed by atoms with van der Waals surface area (Å²) in [5, 5.41) is 4.90. The Hall–Kier alpha value is -0.340. The van der Waals surface area contributed by atoms with Gasteiger partial charge in [-0.25, -0.2) is 0 Å². The molecule has 2 aromatic rings. The van der Waals surface area contributed by atoms with E-state index in [0.29, 0.717) is 0 Å². The van der Waals surface area contributed by atoms with E-state index >= 15 is 0 Å². The van der Waals surface area contributed by atoms with Gasteiger partial charge in [0.15, 0.2) is 0 Å². The number of unbranched alkanes of at least 4 members (excludes halogenated alkanes) is 12. The average molecular weight is 393 g/mol. The Morgan fingerprint density at radius 2 is 0.846 bits per heavy atom. The van der Waals surface area contributed by atoms with Gasteiger partial charge in [0.25, 0.3) is 0 Å². The van der Waals surface area contributed by atoms with Crippen molar-refractivity contribution in [2.45, 2.75) is 117 Å². The smallest absolute Gasteiger partial charge is 0.0485 e. The zero-order valence-corrected chi connectivity index (χ0v) is 18.9. The van der Waals surface area contributed by atoms with Crippen molar-refractivity contribution < 1.29 is 0 Å². The van der Waals surface area contributed by atoms with E-state index in [1.54, 1.807) is 20.5 Å². The van der Waals surface area contributed by atoms with Gasteiger partial charge in [-0.05, 0) is 47.6 Å². The number of aryl methyl sites for hydroxylation is 2. The van der Waals surface area contributed by atoms with Crippen molar-refractivity contribution in [3.8, 4) is 0 Å². The summed E-state index contributed by atoms with van der Waals surface area (Å²) in [6.07, 6.45) is 22.3. The molecule has 2 heterocycles. The first-order chi connectivity index (χ1) is 12.9. The highest BCUT2D eigenvalue weighted by molar-refractivity contribution is 7.26. The first kappa shape index (κ1) is 22.0. The van der Waals surface area contributed by atoms with E-state index in [0.717, 1.165) is 0 Å². The van der Waals surface area contributed by atoms with Gasteiger partial charge < -0.3 is 0 Å².